The van der Waals surface area contributed by atoms with Crippen LogP contribution in [-0.2, 0) is 0 Å². The number of ether oxygens (including phenoxy) is 1. The van der Waals surface area contributed by atoms with Gasteiger partial charge in [-0.05, 0) is 24.7 Å². The fourth-order valence-electron chi connectivity index (χ4n) is 3.04. The van der Waals surface area contributed by atoms with Crippen molar-refractivity contribution >= 4 is 0 Å². The van der Waals surface area contributed by atoms with Crippen LogP contribution < -0.4 is 4.74 Å². The van der Waals surface area contributed by atoms with Gasteiger partial charge >= 0.3 is 0 Å². The Morgan fingerprint density at radius 2 is 1.59 bits per heavy atom. The smallest absolute Gasteiger partial charge is 0.203 e. The average Bonchev–Trinajstić information content (AvgIpc) is 2.54. The van der Waals surface area contributed by atoms with E-state index in [1.807, 2.05) is 0 Å². The van der Waals surface area contributed by atoms with Crippen molar-refractivity contribution in [3.8, 4) is 5.75 Å². The van der Waals surface area contributed by atoms with Crippen LogP contribution in [0.5, 0.6) is 5.75 Å². The van der Waals surface area contributed by atoms with Crippen molar-refractivity contribution in [3.05, 3.63) is 29.3 Å². The molecule has 0 aromatic heterocycles. The molecule has 1 aliphatic rings. The molecule has 0 radical (unpaired) electrons. The molecule has 0 heterocycles. The summed E-state index contributed by atoms with van der Waals surface area (Å²) >= 11 is 0. The molecule has 0 atom stereocenters. The van der Waals surface area contributed by atoms with Crippen LogP contribution >= 0.6 is 0 Å². The lowest BCUT2D eigenvalue weighted by atomic mass is 9.80. The van der Waals surface area contributed by atoms with E-state index in [0.29, 0.717) is 6.07 Å². The van der Waals surface area contributed by atoms with Crippen LogP contribution in [0.15, 0.2) is 6.07 Å². The quantitative estimate of drug-likeness (QED) is 0.376. The Labute approximate surface area is 128 Å². The highest BCUT2D eigenvalue weighted by Crippen LogP contribution is 2.33. The third-order valence-corrected chi connectivity index (χ3v) is 4.48. The molecule has 5 heteroatoms. The fraction of sp³-hybridized carbons (Fsp3) is 0.647. The summed E-state index contributed by atoms with van der Waals surface area (Å²) in [5, 5.41) is 0. The van der Waals surface area contributed by atoms with Crippen molar-refractivity contribution in [1.82, 2.24) is 0 Å². The number of hydrogen-bond acceptors (Lipinski definition) is 1. The molecule has 1 saturated carbocycles. The van der Waals surface area contributed by atoms with Crippen molar-refractivity contribution in [2.75, 3.05) is 6.61 Å². The summed E-state index contributed by atoms with van der Waals surface area (Å²) in [6.07, 6.45) is 7.86. The van der Waals surface area contributed by atoms with Crippen molar-refractivity contribution in [2.45, 2.75) is 51.9 Å². The molecular weight excluding hydrogens is 296 g/mol. The third-order valence-electron chi connectivity index (χ3n) is 4.48. The zero-order valence-electron chi connectivity index (χ0n) is 12.8. The monoisotopic (exact) mass is 318 g/mol. The maximum Gasteiger partial charge on any atom is 0.203 e. The fourth-order valence-corrected chi connectivity index (χ4v) is 3.04. The van der Waals surface area contributed by atoms with Crippen molar-refractivity contribution in [1.29, 1.82) is 0 Å². The zero-order chi connectivity index (χ0) is 16.1. The first-order chi connectivity index (χ1) is 10.5. The first-order valence-corrected chi connectivity index (χ1v) is 7.98. The first kappa shape index (κ1) is 17.1. The van der Waals surface area contributed by atoms with E-state index in [1.54, 1.807) is 0 Å². The van der Waals surface area contributed by atoms with Gasteiger partial charge in [0, 0.05) is 6.07 Å². The van der Waals surface area contributed by atoms with Crippen molar-refractivity contribution in [3.63, 3.8) is 0 Å². The topological polar surface area (TPSA) is 9.23 Å². The highest BCUT2D eigenvalue weighted by atomic mass is 19.2. The maximum atomic E-state index is 13.5. The molecule has 0 bridgehead atoms. The summed E-state index contributed by atoms with van der Waals surface area (Å²) < 4.78 is 57.8. The summed E-state index contributed by atoms with van der Waals surface area (Å²) in [5.41, 5.74) is 0. The number of rotatable bonds is 6. The van der Waals surface area contributed by atoms with Crippen LogP contribution in [0.1, 0.15) is 51.9 Å². The van der Waals surface area contributed by atoms with E-state index < -0.39 is 29.0 Å². The van der Waals surface area contributed by atoms with Gasteiger partial charge in [-0.25, -0.2) is 13.2 Å². The standard InChI is InChI=1S/C17H22F4O/c1-2-3-4-11-5-7-12(8-6-11)10-22-14-9-13(18)15(19)17(21)16(14)20/h9,11-12H,2-8,10H2,1H3. The van der Waals surface area contributed by atoms with E-state index in [2.05, 4.69) is 6.92 Å². The van der Waals surface area contributed by atoms with Crippen LogP contribution in [-0.4, -0.2) is 6.61 Å². The lowest BCUT2D eigenvalue weighted by Gasteiger charge is -2.28. The van der Waals surface area contributed by atoms with Crippen LogP contribution in [0.2, 0.25) is 0 Å². The normalized spacial score (nSPS) is 21.9. The molecule has 0 aliphatic heterocycles. The molecule has 1 fully saturated rings. The molecule has 1 aromatic rings. The molecule has 22 heavy (non-hydrogen) atoms. The van der Waals surface area contributed by atoms with Gasteiger partial charge in [0.15, 0.2) is 17.4 Å². The van der Waals surface area contributed by atoms with Gasteiger partial charge in [0.05, 0.1) is 6.61 Å². The Morgan fingerprint density at radius 3 is 2.23 bits per heavy atom. The van der Waals surface area contributed by atoms with Crippen molar-refractivity contribution in [2.24, 2.45) is 11.8 Å². The van der Waals surface area contributed by atoms with E-state index in [9.17, 15) is 17.6 Å². The number of hydrogen-bond donors (Lipinski definition) is 0. The third kappa shape index (κ3) is 4.14. The zero-order valence-corrected chi connectivity index (χ0v) is 12.8. The Bertz CT molecular complexity index is 496. The minimum atomic E-state index is -1.82. The number of halogens is 4. The van der Waals surface area contributed by atoms with Gasteiger partial charge in [-0.3, -0.25) is 0 Å². The van der Waals surface area contributed by atoms with Crippen LogP contribution in [0.4, 0.5) is 17.6 Å². The molecule has 0 saturated heterocycles. The molecular formula is C17H22F4O. The lowest BCUT2D eigenvalue weighted by molar-refractivity contribution is 0.171. The van der Waals surface area contributed by atoms with E-state index >= 15 is 0 Å². The van der Waals surface area contributed by atoms with Gasteiger partial charge in [-0.15, -0.1) is 0 Å². The lowest BCUT2D eigenvalue weighted by Crippen LogP contribution is -2.20. The molecule has 124 valence electrons. The van der Waals surface area contributed by atoms with Crippen LogP contribution in [0.25, 0.3) is 0 Å². The van der Waals surface area contributed by atoms with Gasteiger partial charge < -0.3 is 4.74 Å². The van der Waals surface area contributed by atoms with E-state index in [1.165, 1.54) is 19.3 Å². The largest absolute Gasteiger partial charge is 0.490 e. The Kier molecular flexibility index (Phi) is 6.09. The Balaban J connectivity index is 1.85. The van der Waals surface area contributed by atoms with Gasteiger partial charge in [0.1, 0.15) is 0 Å². The predicted octanol–water partition coefficient (Wildman–Crippen LogP) is 5.62. The first-order valence-electron chi connectivity index (χ1n) is 7.98. The Morgan fingerprint density at radius 1 is 0.955 bits per heavy atom. The van der Waals surface area contributed by atoms with Gasteiger partial charge in [0.25, 0.3) is 0 Å². The van der Waals surface area contributed by atoms with Crippen LogP contribution in [0.3, 0.4) is 0 Å². The molecule has 0 N–H and O–H groups in total. The van der Waals surface area contributed by atoms with Gasteiger partial charge in [-0.2, -0.15) is 4.39 Å². The second kappa shape index (κ2) is 7.84. The number of unbranched alkanes of at least 4 members (excludes halogenated alkanes) is 1. The molecule has 0 amide bonds. The molecule has 1 aliphatic carbocycles. The minimum absolute atomic E-state index is 0.210. The van der Waals surface area contributed by atoms with E-state index in [0.717, 1.165) is 31.6 Å². The van der Waals surface area contributed by atoms with Gasteiger partial charge in [0.2, 0.25) is 11.6 Å². The highest BCUT2D eigenvalue weighted by Gasteiger charge is 2.23. The van der Waals surface area contributed by atoms with E-state index in [-0.39, 0.29) is 12.5 Å². The predicted molar refractivity (Wildman–Crippen MR) is 76.7 cm³/mol. The number of benzene rings is 1. The Hall–Kier alpha value is -1.26. The summed E-state index contributed by atoms with van der Waals surface area (Å²) in [4.78, 5) is 0. The minimum Gasteiger partial charge on any atom is -0.490 e. The van der Waals surface area contributed by atoms with E-state index in [4.69, 9.17) is 4.74 Å². The SMILES string of the molecule is CCCCC1CCC(COc2cc(F)c(F)c(F)c2F)CC1. The summed E-state index contributed by atoms with van der Waals surface area (Å²) in [6, 6.07) is 0.570. The molecule has 1 nitrogen and oxygen atoms in total. The molecule has 1 aromatic carbocycles. The average molecular weight is 318 g/mol. The maximum absolute atomic E-state index is 13.5. The summed E-state index contributed by atoms with van der Waals surface area (Å²) in [5.74, 6) is -6.07. The summed E-state index contributed by atoms with van der Waals surface area (Å²) in [6.45, 7) is 2.39. The molecule has 0 unspecified atom stereocenters. The van der Waals surface area contributed by atoms with Crippen LogP contribution in [0, 0.1) is 35.1 Å². The highest BCUT2D eigenvalue weighted by molar-refractivity contribution is 5.27. The van der Waals surface area contributed by atoms with Crippen molar-refractivity contribution < 1.29 is 22.3 Å². The second-order valence-electron chi connectivity index (χ2n) is 6.14. The summed E-state index contributed by atoms with van der Waals surface area (Å²) in [7, 11) is 0. The van der Waals surface area contributed by atoms with Gasteiger partial charge in [-0.1, -0.05) is 39.0 Å². The second-order valence-corrected chi connectivity index (χ2v) is 6.14. The molecule has 2 rings (SSSR count). The molecule has 0 spiro atoms.